The molecule has 0 aliphatic carbocycles. The molecule has 1 amide bonds. The normalized spacial score (nSPS) is 10.3. The Morgan fingerprint density at radius 1 is 0.947 bits per heavy atom. The number of anilines is 1. The van der Waals surface area contributed by atoms with Crippen molar-refractivity contribution in [2.45, 2.75) is 0 Å². The summed E-state index contributed by atoms with van der Waals surface area (Å²) < 4.78 is 26.8. The summed E-state index contributed by atoms with van der Waals surface area (Å²) in [5, 5.41) is 2.32. The monoisotopic (exact) mass is 301 g/mol. The minimum atomic E-state index is -0.878. The van der Waals surface area contributed by atoms with Crippen molar-refractivity contribution in [3.63, 3.8) is 0 Å². The first-order valence-electron chi connectivity index (χ1n) is 5.20. The molecule has 6 heteroatoms. The quantitative estimate of drug-likeness (QED) is 0.868. The third kappa shape index (κ3) is 2.85. The van der Waals surface area contributed by atoms with Crippen LogP contribution in [-0.4, -0.2) is 5.91 Å². The van der Waals surface area contributed by atoms with Crippen molar-refractivity contribution in [2.24, 2.45) is 0 Å². The number of nitrogens with one attached hydrogen (secondary N) is 1. The molecule has 2 rings (SSSR count). The zero-order valence-corrected chi connectivity index (χ0v) is 10.9. The van der Waals surface area contributed by atoms with Gasteiger partial charge < -0.3 is 5.32 Å². The summed E-state index contributed by atoms with van der Waals surface area (Å²) in [6.45, 7) is 0. The summed E-state index contributed by atoms with van der Waals surface area (Å²) in [5.41, 5.74) is -0.572. The van der Waals surface area contributed by atoms with E-state index < -0.39 is 23.2 Å². The van der Waals surface area contributed by atoms with Gasteiger partial charge in [0, 0.05) is 0 Å². The van der Waals surface area contributed by atoms with Crippen LogP contribution in [0.2, 0.25) is 10.0 Å². The molecule has 0 unspecified atom stereocenters. The highest BCUT2D eigenvalue weighted by atomic mass is 35.5. The molecule has 2 aromatic rings. The highest BCUT2D eigenvalue weighted by molar-refractivity contribution is 6.40. The van der Waals surface area contributed by atoms with E-state index in [1.165, 1.54) is 18.2 Å². The Morgan fingerprint density at radius 2 is 1.42 bits per heavy atom. The van der Waals surface area contributed by atoms with E-state index in [2.05, 4.69) is 5.32 Å². The van der Waals surface area contributed by atoms with Gasteiger partial charge in [-0.05, 0) is 24.3 Å². The third-order valence-corrected chi connectivity index (χ3v) is 3.02. The topological polar surface area (TPSA) is 29.1 Å². The van der Waals surface area contributed by atoms with E-state index in [1.807, 2.05) is 0 Å². The van der Waals surface area contributed by atoms with Crippen molar-refractivity contribution < 1.29 is 13.6 Å². The maximum Gasteiger partial charge on any atom is 0.258 e. The molecular weight excluding hydrogens is 295 g/mol. The van der Waals surface area contributed by atoms with Gasteiger partial charge in [-0.2, -0.15) is 0 Å². The Kier molecular flexibility index (Phi) is 4.02. The van der Waals surface area contributed by atoms with Gasteiger partial charge >= 0.3 is 0 Å². The zero-order chi connectivity index (χ0) is 14.0. The number of carbonyl (C=O) groups excluding carboxylic acids is 1. The van der Waals surface area contributed by atoms with Gasteiger partial charge in [-0.3, -0.25) is 4.79 Å². The SMILES string of the molecule is O=C(Nc1c(F)cccc1F)c1c(Cl)cccc1Cl. The molecule has 1 N–H and O–H groups in total. The van der Waals surface area contributed by atoms with E-state index in [0.717, 1.165) is 12.1 Å². The van der Waals surface area contributed by atoms with Crippen molar-refractivity contribution in [1.29, 1.82) is 0 Å². The molecule has 0 spiro atoms. The second kappa shape index (κ2) is 5.55. The summed E-state index contributed by atoms with van der Waals surface area (Å²) in [5.74, 6) is -2.53. The van der Waals surface area contributed by atoms with E-state index in [4.69, 9.17) is 23.2 Å². The first kappa shape index (κ1) is 13.8. The average Bonchev–Trinajstić information content (AvgIpc) is 2.34. The largest absolute Gasteiger partial charge is 0.317 e. The Morgan fingerprint density at radius 3 is 1.95 bits per heavy atom. The fourth-order valence-electron chi connectivity index (χ4n) is 1.51. The predicted octanol–water partition coefficient (Wildman–Crippen LogP) is 4.52. The van der Waals surface area contributed by atoms with Gasteiger partial charge in [0.2, 0.25) is 0 Å². The summed E-state index contributed by atoms with van der Waals surface area (Å²) in [6, 6.07) is 7.74. The lowest BCUT2D eigenvalue weighted by molar-refractivity contribution is 0.102. The molecule has 0 aliphatic rings. The molecule has 0 atom stereocenters. The van der Waals surface area contributed by atoms with E-state index in [-0.39, 0.29) is 15.6 Å². The van der Waals surface area contributed by atoms with E-state index in [9.17, 15) is 13.6 Å². The van der Waals surface area contributed by atoms with Crippen molar-refractivity contribution in [2.75, 3.05) is 5.32 Å². The molecule has 19 heavy (non-hydrogen) atoms. The fourth-order valence-corrected chi connectivity index (χ4v) is 2.08. The minimum absolute atomic E-state index is 0.0338. The van der Waals surface area contributed by atoms with Crippen LogP contribution in [0.5, 0.6) is 0 Å². The lowest BCUT2D eigenvalue weighted by Gasteiger charge is -2.09. The molecule has 0 aliphatic heterocycles. The molecule has 0 heterocycles. The van der Waals surface area contributed by atoms with Crippen LogP contribution in [-0.2, 0) is 0 Å². The second-order valence-electron chi connectivity index (χ2n) is 3.65. The van der Waals surface area contributed by atoms with Crippen LogP contribution in [0.15, 0.2) is 36.4 Å². The Hall–Kier alpha value is -1.65. The Balaban J connectivity index is 2.37. The van der Waals surface area contributed by atoms with E-state index >= 15 is 0 Å². The van der Waals surface area contributed by atoms with Gasteiger partial charge in [-0.15, -0.1) is 0 Å². The highest BCUT2D eigenvalue weighted by Gasteiger charge is 2.18. The number of benzene rings is 2. The molecule has 0 saturated carbocycles. The van der Waals surface area contributed by atoms with Gasteiger partial charge in [-0.25, -0.2) is 8.78 Å². The van der Waals surface area contributed by atoms with E-state index in [1.54, 1.807) is 6.07 Å². The first-order valence-corrected chi connectivity index (χ1v) is 5.95. The molecule has 2 nitrogen and oxygen atoms in total. The Bertz CT molecular complexity index is 606. The lowest BCUT2D eigenvalue weighted by atomic mass is 10.2. The summed E-state index contributed by atoms with van der Waals surface area (Å²) >= 11 is 11.7. The van der Waals surface area contributed by atoms with Crippen LogP contribution in [0.3, 0.4) is 0 Å². The van der Waals surface area contributed by atoms with Gasteiger partial charge in [0.1, 0.15) is 17.3 Å². The van der Waals surface area contributed by atoms with Crippen LogP contribution in [0.25, 0.3) is 0 Å². The predicted molar refractivity (Wildman–Crippen MR) is 70.8 cm³/mol. The molecule has 0 saturated heterocycles. The van der Waals surface area contributed by atoms with Crippen molar-refractivity contribution in [1.82, 2.24) is 0 Å². The van der Waals surface area contributed by atoms with Crippen LogP contribution in [0.1, 0.15) is 10.4 Å². The Labute approximate surface area is 118 Å². The van der Waals surface area contributed by atoms with Crippen LogP contribution < -0.4 is 5.32 Å². The molecule has 98 valence electrons. The average molecular weight is 302 g/mol. The lowest BCUT2D eigenvalue weighted by Crippen LogP contribution is -2.15. The van der Waals surface area contributed by atoms with Crippen molar-refractivity contribution in [3.05, 3.63) is 63.6 Å². The van der Waals surface area contributed by atoms with Crippen LogP contribution in [0, 0.1) is 11.6 Å². The third-order valence-electron chi connectivity index (χ3n) is 2.39. The second-order valence-corrected chi connectivity index (χ2v) is 4.46. The minimum Gasteiger partial charge on any atom is -0.317 e. The van der Waals surface area contributed by atoms with Crippen LogP contribution >= 0.6 is 23.2 Å². The van der Waals surface area contributed by atoms with Gasteiger partial charge in [0.25, 0.3) is 5.91 Å². The zero-order valence-electron chi connectivity index (χ0n) is 9.38. The maximum atomic E-state index is 13.4. The van der Waals surface area contributed by atoms with Crippen molar-refractivity contribution >= 4 is 34.8 Å². The number of hydrogen-bond acceptors (Lipinski definition) is 1. The van der Waals surface area contributed by atoms with Gasteiger partial charge in [0.15, 0.2) is 0 Å². The molecule has 0 bridgehead atoms. The van der Waals surface area contributed by atoms with Gasteiger partial charge in [-0.1, -0.05) is 35.3 Å². The summed E-state index contributed by atoms with van der Waals surface area (Å²) in [4.78, 5) is 11.9. The number of para-hydroxylation sites is 1. The molecule has 0 fully saturated rings. The standard InChI is InChI=1S/C13H7Cl2F2NO/c14-7-3-1-4-8(15)11(7)13(19)18-12-9(16)5-2-6-10(12)17/h1-6H,(H,18,19). The highest BCUT2D eigenvalue weighted by Crippen LogP contribution is 2.26. The number of amides is 1. The molecule has 2 aromatic carbocycles. The van der Waals surface area contributed by atoms with Crippen LogP contribution in [0.4, 0.5) is 14.5 Å². The van der Waals surface area contributed by atoms with Gasteiger partial charge in [0.05, 0.1) is 15.6 Å². The number of carbonyl (C=O) groups is 1. The summed E-state index contributed by atoms with van der Waals surface area (Å²) in [7, 11) is 0. The maximum absolute atomic E-state index is 13.4. The number of rotatable bonds is 2. The summed E-state index contributed by atoms with van der Waals surface area (Å²) in [6.07, 6.45) is 0. The molecule has 0 aromatic heterocycles. The smallest absolute Gasteiger partial charge is 0.258 e. The van der Waals surface area contributed by atoms with Crippen molar-refractivity contribution in [3.8, 4) is 0 Å². The molecular formula is C13H7Cl2F2NO. The fraction of sp³-hybridized carbons (Fsp3) is 0. The molecule has 0 radical (unpaired) electrons. The first-order chi connectivity index (χ1) is 9.00. The number of hydrogen-bond donors (Lipinski definition) is 1. The number of halogens is 4. The van der Waals surface area contributed by atoms with E-state index in [0.29, 0.717) is 0 Å².